The van der Waals surface area contributed by atoms with Gasteiger partial charge in [0.2, 0.25) is 11.9 Å². The number of aromatic nitrogens is 2. The number of nitrogens with zero attached hydrogens (tertiary/aromatic N) is 3. The largest absolute Gasteiger partial charge is 0.379 e. The fraction of sp³-hybridized carbons (Fsp3) is 0.706. The van der Waals surface area contributed by atoms with E-state index in [1.165, 1.54) is 0 Å². The number of rotatable bonds is 7. The maximum absolute atomic E-state index is 12.3. The molecule has 0 bridgehead atoms. The van der Waals surface area contributed by atoms with Crippen molar-refractivity contribution < 1.29 is 9.53 Å². The van der Waals surface area contributed by atoms with Gasteiger partial charge < -0.3 is 15.0 Å². The van der Waals surface area contributed by atoms with Gasteiger partial charge in [-0.2, -0.15) is 0 Å². The second-order valence-corrected chi connectivity index (χ2v) is 6.35. The summed E-state index contributed by atoms with van der Waals surface area (Å²) >= 11 is 0. The van der Waals surface area contributed by atoms with Crippen molar-refractivity contribution in [1.29, 1.82) is 0 Å². The Morgan fingerprint density at radius 3 is 3.09 bits per heavy atom. The van der Waals surface area contributed by atoms with Crippen LogP contribution >= 0.6 is 0 Å². The zero-order valence-corrected chi connectivity index (χ0v) is 14.4. The lowest BCUT2D eigenvalue weighted by Gasteiger charge is -2.32. The Labute approximate surface area is 138 Å². The van der Waals surface area contributed by atoms with Crippen molar-refractivity contribution in [2.75, 3.05) is 31.1 Å². The minimum Gasteiger partial charge on any atom is -0.379 e. The van der Waals surface area contributed by atoms with E-state index in [2.05, 4.69) is 20.2 Å². The van der Waals surface area contributed by atoms with Crippen LogP contribution in [0.4, 0.5) is 5.95 Å². The number of aryl methyl sites for hydroxylation is 1. The number of hydrogen-bond acceptors (Lipinski definition) is 5. The van der Waals surface area contributed by atoms with E-state index >= 15 is 0 Å². The fourth-order valence-electron chi connectivity index (χ4n) is 2.71. The van der Waals surface area contributed by atoms with Crippen molar-refractivity contribution in [3.05, 3.63) is 18.0 Å². The van der Waals surface area contributed by atoms with Gasteiger partial charge in [-0.15, -0.1) is 0 Å². The molecule has 2 rings (SSSR count). The van der Waals surface area contributed by atoms with Gasteiger partial charge in [0.15, 0.2) is 0 Å². The summed E-state index contributed by atoms with van der Waals surface area (Å²) in [4.78, 5) is 23.2. The van der Waals surface area contributed by atoms with E-state index in [0.717, 1.165) is 37.4 Å². The Kier molecular flexibility index (Phi) is 6.77. The average molecular weight is 320 g/mol. The van der Waals surface area contributed by atoms with Crippen LogP contribution in [0.25, 0.3) is 0 Å². The molecule has 1 amide bonds. The van der Waals surface area contributed by atoms with Gasteiger partial charge in [0, 0.05) is 38.1 Å². The molecule has 128 valence electrons. The number of piperidine rings is 1. The molecule has 1 aliphatic rings. The third-order valence-electron chi connectivity index (χ3n) is 3.93. The number of amides is 1. The maximum atomic E-state index is 12.3. The third kappa shape index (κ3) is 5.78. The predicted octanol–water partition coefficient (Wildman–Crippen LogP) is 1.93. The molecule has 0 saturated carbocycles. The first kappa shape index (κ1) is 17.7. The van der Waals surface area contributed by atoms with E-state index in [4.69, 9.17) is 4.74 Å². The molecule has 23 heavy (non-hydrogen) atoms. The number of hydrogen-bond donors (Lipinski definition) is 1. The van der Waals surface area contributed by atoms with E-state index in [0.29, 0.717) is 19.7 Å². The topological polar surface area (TPSA) is 67.4 Å². The third-order valence-corrected chi connectivity index (χ3v) is 3.93. The summed E-state index contributed by atoms with van der Waals surface area (Å²) < 4.78 is 5.48. The molecule has 0 radical (unpaired) electrons. The Balaban J connectivity index is 1.78. The predicted molar refractivity (Wildman–Crippen MR) is 90.4 cm³/mol. The lowest BCUT2D eigenvalue weighted by molar-refractivity contribution is -0.125. The molecule has 0 aromatic carbocycles. The van der Waals surface area contributed by atoms with E-state index < -0.39 is 0 Å². The summed E-state index contributed by atoms with van der Waals surface area (Å²) in [7, 11) is 0. The van der Waals surface area contributed by atoms with Crippen molar-refractivity contribution in [2.24, 2.45) is 5.92 Å². The van der Waals surface area contributed by atoms with Crippen LogP contribution in [0, 0.1) is 12.8 Å². The quantitative estimate of drug-likeness (QED) is 0.778. The van der Waals surface area contributed by atoms with Crippen LogP contribution in [-0.4, -0.2) is 48.2 Å². The molecular weight excluding hydrogens is 292 g/mol. The van der Waals surface area contributed by atoms with Crippen LogP contribution in [0.2, 0.25) is 0 Å². The minimum atomic E-state index is 0.0129. The molecule has 1 N–H and O–H groups in total. The smallest absolute Gasteiger partial charge is 0.225 e. The van der Waals surface area contributed by atoms with Crippen LogP contribution in [0.1, 0.15) is 38.8 Å². The fourth-order valence-corrected chi connectivity index (χ4v) is 2.71. The molecule has 2 heterocycles. The molecular formula is C17H28N4O2. The molecule has 0 aliphatic carbocycles. The zero-order valence-electron chi connectivity index (χ0n) is 14.4. The average Bonchev–Trinajstić information content (AvgIpc) is 2.54. The second kappa shape index (κ2) is 8.82. The van der Waals surface area contributed by atoms with Crippen LogP contribution in [-0.2, 0) is 9.53 Å². The standard InChI is InChI=1S/C17H28N4O2/c1-13(2)23-11-5-8-18-16(22)15-6-4-10-21(12-15)17-19-9-7-14(3)20-17/h7,9,13,15H,4-6,8,10-12H2,1-3H3,(H,18,22). The highest BCUT2D eigenvalue weighted by molar-refractivity contribution is 5.79. The molecule has 0 spiro atoms. The highest BCUT2D eigenvalue weighted by atomic mass is 16.5. The Hall–Kier alpha value is -1.69. The summed E-state index contributed by atoms with van der Waals surface area (Å²) in [6.45, 7) is 8.95. The Bertz CT molecular complexity index is 507. The number of carbonyl (C=O) groups excluding carboxylic acids is 1. The highest BCUT2D eigenvalue weighted by Crippen LogP contribution is 2.20. The molecule has 1 saturated heterocycles. The van der Waals surface area contributed by atoms with E-state index in [-0.39, 0.29) is 17.9 Å². The first-order valence-corrected chi connectivity index (χ1v) is 8.50. The van der Waals surface area contributed by atoms with Crippen LogP contribution in [0.3, 0.4) is 0 Å². The molecule has 1 aliphatic heterocycles. The first-order chi connectivity index (χ1) is 11.1. The normalized spacial score (nSPS) is 18.3. The molecule has 6 heteroatoms. The van der Waals surface area contributed by atoms with Crippen molar-refractivity contribution in [2.45, 2.75) is 46.1 Å². The van der Waals surface area contributed by atoms with E-state index in [1.807, 2.05) is 26.8 Å². The molecule has 1 aromatic heterocycles. The number of nitrogens with one attached hydrogen (secondary N) is 1. The highest BCUT2D eigenvalue weighted by Gasteiger charge is 2.26. The summed E-state index contributed by atoms with van der Waals surface area (Å²) in [6.07, 6.45) is 4.78. The summed E-state index contributed by atoms with van der Waals surface area (Å²) in [5, 5.41) is 3.02. The summed E-state index contributed by atoms with van der Waals surface area (Å²) in [6, 6.07) is 1.89. The van der Waals surface area contributed by atoms with Gasteiger partial charge in [0.05, 0.1) is 12.0 Å². The zero-order chi connectivity index (χ0) is 16.7. The molecule has 1 unspecified atom stereocenters. The Morgan fingerprint density at radius 1 is 1.52 bits per heavy atom. The van der Waals surface area contributed by atoms with E-state index in [1.54, 1.807) is 6.20 Å². The van der Waals surface area contributed by atoms with Gasteiger partial charge in [0.1, 0.15) is 0 Å². The number of carbonyl (C=O) groups is 1. The lowest BCUT2D eigenvalue weighted by atomic mass is 9.97. The van der Waals surface area contributed by atoms with Crippen LogP contribution in [0.5, 0.6) is 0 Å². The molecule has 1 atom stereocenters. The molecule has 1 fully saturated rings. The first-order valence-electron chi connectivity index (χ1n) is 8.50. The van der Waals surface area contributed by atoms with Crippen molar-refractivity contribution >= 4 is 11.9 Å². The van der Waals surface area contributed by atoms with Gasteiger partial charge >= 0.3 is 0 Å². The minimum absolute atomic E-state index is 0.0129. The van der Waals surface area contributed by atoms with Gasteiger partial charge in [-0.3, -0.25) is 4.79 Å². The van der Waals surface area contributed by atoms with Gasteiger partial charge in [-0.25, -0.2) is 9.97 Å². The van der Waals surface area contributed by atoms with Gasteiger partial charge in [-0.05, 0) is 46.1 Å². The Morgan fingerprint density at radius 2 is 2.35 bits per heavy atom. The second-order valence-electron chi connectivity index (χ2n) is 6.35. The van der Waals surface area contributed by atoms with Crippen molar-refractivity contribution in [1.82, 2.24) is 15.3 Å². The summed E-state index contributed by atoms with van der Waals surface area (Å²) in [5.74, 6) is 0.874. The van der Waals surface area contributed by atoms with Crippen molar-refractivity contribution in [3.63, 3.8) is 0 Å². The SMILES string of the molecule is Cc1ccnc(N2CCCC(C(=O)NCCCOC(C)C)C2)n1. The maximum Gasteiger partial charge on any atom is 0.225 e. The molecule has 6 nitrogen and oxygen atoms in total. The molecule has 1 aromatic rings. The number of ether oxygens (including phenoxy) is 1. The van der Waals surface area contributed by atoms with E-state index in [9.17, 15) is 4.79 Å². The van der Waals surface area contributed by atoms with Gasteiger partial charge in [-0.1, -0.05) is 0 Å². The lowest BCUT2D eigenvalue weighted by Crippen LogP contribution is -2.44. The van der Waals surface area contributed by atoms with Crippen LogP contribution < -0.4 is 10.2 Å². The number of anilines is 1. The van der Waals surface area contributed by atoms with Crippen LogP contribution in [0.15, 0.2) is 12.3 Å². The summed E-state index contributed by atoms with van der Waals surface area (Å²) in [5.41, 5.74) is 0.951. The van der Waals surface area contributed by atoms with Gasteiger partial charge in [0.25, 0.3) is 0 Å². The monoisotopic (exact) mass is 320 g/mol. The van der Waals surface area contributed by atoms with Crippen molar-refractivity contribution in [3.8, 4) is 0 Å².